The van der Waals surface area contributed by atoms with Crippen molar-refractivity contribution >= 4 is 27.5 Å². The van der Waals surface area contributed by atoms with Crippen LogP contribution in [0.1, 0.15) is 25.0 Å². The molecule has 0 radical (unpaired) electrons. The van der Waals surface area contributed by atoms with Crippen LogP contribution in [0.2, 0.25) is 0 Å². The van der Waals surface area contributed by atoms with Gasteiger partial charge in [0.25, 0.3) is 0 Å². The Morgan fingerprint density at radius 3 is 2.75 bits per heavy atom. The molecule has 0 spiro atoms. The second-order valence-corrected chi connectivity index (χ2v) is 5.51. The number of halogens is 2. The summed E-state index contributed by atoms with van der Waals surface area (Å²) in [6.45, 7) is 1.88. The minimum absolute atomic E-state index is 0.701. The van der Waals surface area contributed by atoms with E-state index >= 15 is 0 Å². The van der Waals surface area contributed by atoms with Crippen molar-refractivity contribution in [1.82, 2.24) is 9.88 Å². The van der Waals surface area contributed by atoms with Crippen LogP contribution in [-0.2, 0) is 6.54 Å². The van der Waals surface area contributed by atoms with Crippen LogP contribution < -0.4 is 0 Å². The van der Waals surface area contributed by atoms with Gasteiger partial charge < -0.3 is 0 Å². The van der Waals surface area contributed by atoms with Crippen molar-refractivity contribution in [2.75, 3.05) is 12.4 Å². The molecule has 1 fully saturated rings. The van der Waals surface area contributed by atoms with Crippen molar-refractivity contribution < 1.29 is 0 Å². The lowest BCUT2D eigenvalue weighted by Crippen LogP contribution is -2.40. The first-order chi connectivity index (χ1) is 7.79. The first-order valence-electron chi connectivity index (χ1n) is 5.70. The summed E-state index contributed by atoms with van der Waals surface area (Å²) in [7, 11) is 0. The molecule has 1 saturated carbocycles. The zero-order valence-electron chi connectivity index (χ0n) is 9.20. The lowest BCUT2D eigenvalue weighted by molar-refractivity contribution is 0.126. The van der Waals surface area contributed by atoms with Crippen molar-refractivity contribution in [2.24, 2.45) is 0 Å². The van der Waals surface area contributed by atoms with Crippen LogP contribution in [0.3, 0.4) is 0 Å². The van der Waals surface area contributed by atoms with E-state index in [9.17, 15) is 0 Å². The van der Waals surface area contributed by atoms with Crippen LogP contribution >= 0.6 is 27.5 Å². The van der Waals surface area contributed by atoms with Crippen molar-refractivity contribution in [2.45, 2.75) is 31.8 Å². The van der Waals surface area contributed by atoms with Gasteiger partial charge in [0.15, 0.2) is 0 Å². The largest absolute Gasteiger partial charge is 0.293 e. The van der Waals surface area contributed by atoms with E-state index in [2.05, 4.69) is 31.9 Å². The fraction of sp³-hybridized carbons (Fsp3) is 0.583. The van der Waals surface area contributed by atoms with E-state index in [0.29, 0.717) is 5.88 Å². The SMILES string of the molecule is ClCCN(Cc1ccc(Br)cn1)C1CCC1. The number of rotatable bonds is 5. The molecule has 0 amide bonds. The molecule has 1 aliphatic carbocycles. The van der Waals surface area contributed by atoms with Crippen LogP contribution in [0.4, 0.5) is 0 Å². The minimum atomic E-state index is 0.701. The Labute approximate surface area is 110 Å². The highest BCUT2D eigenvalue weighted by Crippen LogP contribution is 2.25. The van der Waals surface area contributed by atoms with Gasteiger partial charge in [-0.05, 0) is 40.9 Å². The first kappa shape index (κ1) is 12.3. The Morgan fingerprint density at radius 2 is 2.25 bits per heavy atom. The van der Waals surface area contributed by atoms with E-state index < -0.39 is 0 Å². The molecular formula is C12H16BrClN2. The molecule has 88 valence electrons. The number of nitrogens with zero attached hydrogens (tertiary/aromatic N) is 2. The lowest BCUT2D eigenvalue weighted by atomic mass is 9.91. The zero-order valence-corrected chi connectivity index (χ0v) is 11.5. The average molecular weight is 304 g/mol. The first-order valence-corrected chi connectivity index (χ1v) is 7.03. The third-order valence-corrected chi connectivity index (χ3v) is 3.75. The topological polar surface area (TPSA) is 16.1 Å². The number of pyridine rings is 1. The molecule has 4 heteroatoms. The molecule has 0 aliphatic heterocycles. The summed E-state index contributed by atoms with van der Waals surface area (Å²) in [5.74, 6) is 0.701. The molecule has 1 aromatic heterocycles. The van der Waals surface area contributed by atoms with Crippen molar-refractivity contribution in [1.29, 1.82) is 0 Å². The molecule has 2 rings (SSSR count). The van der Waals surface area contributed by atoms with E-state index in [4.69, 9.17) is 11.6 Å². The Balaban J connectivity index is 1.96. The van der Waals surface area contributed by atoms with Gasteiger partial charge in [-0.3, -0.25) is 9.88 Å². The van der Waals surface area contributed by atoms with Gasteiger partial charge in [-0.1, -0.05) is 6.42 Å². The van der Waals surface area contributed by atoms with Gasteiger partial charge >= 0.3 is 0 Å². The quantitative estimate of drug-likeness (QED) is 0.775. The highest BCUT2D eigenvalue weighted by atomic mass is 79.9. The fourth-order valence-electron chi connectivity index (χ4n) is 1.96. The Kier molecular flexibility index (Phi) is 4.62. The Bertz CT molecular complexity index is 324. The molecule has 0 unspecified atom stereocenters. The lowest BCUT2D eigenvalue weighted by Gasteiger charge is -2.37. The Morgan fingerprint density at radius 1 is 1.44 bits per heavy atom. The highest BCUT2D eigenvalue weighted by Gasteiger charge is 2.24. The van der Waals surface area contributed by atoms with Crippen LogP contribution in [0.25, 0.3) is 0 Å². The molecule has 16 heavy (non-hydrogen) atoms. The maximum absolute atomic E-state index is 5.84. The molecule has 0 bridgehead atoms. The van der Waals surface area contributed by atoms with E-state index in [1.54, 1.807) is 0 Å². The minimum Gasteiger partial charge on any atom is -0.293 e. The summed E-state index contributed by atoms with van der Waals surface area (Å²) in [6.07, 6.45) is 5.84. The van der Waals surface area contributed by atoms with Crippen molar-refractivity contribution in [3.8, 4) is 0 Å². The number of hydrogen-bond acceptors (Lipinski definition) is 2. The monoisotopic (exact) mass is 302 g/mol. The van der Waals surface area contributed by atoms with E-state index in [1.807, 2.05) is 12.3 Å². The van der Waals surface area contributed by atoms with E-state index in [1.165, 1.54) is 19.3 Å². The summed E-state index contributed by atoms with van der Waals surface area (Å²) in [6, 6.07) is 4.84. The summed E-state index contributed by atoms with van der Waals surface area (Å²) in [5, 5.41) is 0. The van der Waals surface area contributed by atoms with Crippen LogP contribution in [-0.4, -0.2) is 28.4 Å². The fourth-order valence-corrected chi connectivity index (χ4v) is 2.41. The van der Waals surface area contributed by atoms with Crippen LogP contribution in [0.5, 0.6) is 0 Å². The molecule has 0 atom stereocenters. The molecule has 1 aromatic rings. The maximum atomic E-state index is 5.84. The summed E-state index contributed by atoms with van der Waals surface area (Å²) in [5.41, 5.74) is 1.13. The number of alkyl halides is 1. The normalized spacial score (nSPS) is 16.4. The highest BCUT2D eigenvalue weighted by molar-refractivity contribution is 9.10. The average Bonchev–Trinajstić information content (AvgIpc) is 2.19. The standard InChI is InChI=1S/C12H16BrClN2/c13-10-4-5-11(15-8-10)9-16(7-6-14)12-2-1-3-12/h4-5,8,12H,1-3,6-7,9H2. The summed E-state index contributed by atoms with van der Waals surface area (Å²) in [4.78, 5) is 6.86. The van der Waals surface area contributed by atoms with Gasteiger partial charge in [0.05, 0.1) is 5.69 Å². The molecule has 1 aliphatic rings. The van der Waals surface area contributed by atoms with Gasteiger partial charge in [0, 0.05) is 35.7 Å². The van der Waals surface area contributed by atoms with Crippen molar-refractivity contribution in [3.05, 3.63) is 28.5 Å². The number of hydrogen-bond donors (Lipinski definition) is 0. The zero-order chi connectivity index (χ0) is 11.4. The van der Waals surface area contributed by atoms with Gasteiger partial charge in [-0.15, -0.1) is 11.6 Å². The molecule has 0 N–H and O–H groups in total. The van der Waals surface area contributed by atoms with Crippen LogP contribution in [0, 0.1) is 0 Å². The predicted molar refractivity (Wildman–Crippen MR) is 70.7 cm³/mol. The molecular weight excluding hydrogens is 288 g/mol. The second kappa shape index (κ2) is 5.99. The van der Waals surface area contributed by atoms with Crippen molar-refractivity contribution in [3.63, 3.8) is 0 Å². The molecule has 0 aromatic carbocycles. The molecule has 2 nitrogen and oxygen atoms in total. The van der Waals surface area contributed by atoms with Gasteiger partial charge in [0.2, 0.25) is 0 Å². The summed E-state index contributed by atoms with van der Waals surface area (Å²) >= 11 is 9.24. The second-order valence-electron chi connectivity index (χ2n) is 4.21. The smallest absolute Gasteiger partial charge is 0.0544 e. The van der Waals surface area contributed by atoms with Crippen LogP contribution in [0.15, 0.2) is 22.8 Å². The molecule has 1 heterocycles. The summed E-state index contributed by atoms with van der Waals surface area (Å²) < 4.78 is 1.03. The van der Waals surface area contributed by atoms with Gasteiger partial charge in [-0.25, -0.2) is 0 Å². The van der Waals surface area contributed by atoms with E-state index in [-0.39, 0.29) is 0 Å². The van der Waals surface area contributed by atoms with E-state index in [0.717, 1.165) is 29.3 Å². The van der Waals surface area contributed by atoms with Gasteiger partial charge in [-0.2, -0.15) is 0 Å². The third kappa shape index (κ3) is 3.19. The predicted octanol–water partition coefficient (Wildman–Crippen LogP) is 3.44. The molecule has 0 saturated heterocycles. The maximum Gasteiger partial charge on any atom is 0.0544 e. The van der Waals surface area contributed by atoms with Gasteiger partial charge in [0.1, 0.15) is 0 Å². The Hall–Kier alpha value is -0.120. The third-order valence-electron chi connectivity index (χ3n) is 3.12. The number of aromatic nitrogens is 1.